The molecule has 0 N–H and O–H groups in total. The van der Waals surface area contributed by atoms with E-state index in [1.807, 2.05) is 74.5 Å². The molecule has 0 unspecified atom stereocenters. The molecule has 0 aliphatic heterocycles. The van der Waals surface area contributed by atoms with Crippen LogP contribution in [0.1, 0.15) is 98.7 Å². The topological polar surface area (TPSA) is 422 Å². The Bertz CT molecular complexity index is 5100. The van der Waals surface area contributed by atoms with Crippen LogP contribution < -0.4 is 40.8 Å². The minimum atomic E-state index is -4.49. The minimum Gasteiger partial charge on any atom is -0.573 e. The molecule has 32 nitrogen and oxygen atoms in total. The largest absolute Gasteiger partial charge is 2.00 e. The molecule has 0 amide bonds. The van der Waals surface area contributed by atoms with Crippen molar-refractivity contribution in [3.8, 4) is 91.8 Å². The molecule has 0 saturated heterocycles. The number of rotatable bonds is 8. The number of halogens is 12. The van der Waals surface area contributed by atoms with E-state index < -0.39 is 47.5 Å². The fourth-order valence-electron chi connectivity index (χ4n) is 8.69. The maximum absolute atomic E-state index is 12.2. The Morgan fingerprint density at radius 2 is 0.575 bits per heavy atom. The van der Waals surface area contributed by atoms with Gasteiger partial charge in [-0.1, -0.05) is 76.5 Å². The van der Waals surface area contributed by atoms with Gasteiger partial charge in [0, 0.05) is 91.5 Å². The monoisotopic (exact) mass is 2380 g/mol. The quantitative estimate of drug-likeness (QED) is 0.127. The average Bonchev–Trinajstić information content (AvgIpc) is 1.72. The number of nitrogens with zero attached hydrogens (tertiary/aromatic N) is 32. The van der Waals surface area contributed by atoms with Crippen molar-refractivity contribution in [1.82, 2.24) is 161 Å². The van der Waals surface area contributed by atoms with Gasteiger partial charge >= 0.3 is 109 Å². The van der Waals surface area contributed by atoms with E-state index in [1.165, 1.54) is 79.3 Å². The SMILES string of the molecule is Cc1n[n-]c(-c2cc(C(C)(C)C)ccn2)n1.Cc1n[n-]c(-c2cc(C(C)(C)C)ccn2)n1.Cc1n[n-]c(-c2ccccn2)n1.Cc1n[n-]c(-c2ccccn2)n1.FC(F)(F)c1cc(-c2ccncn2)[n-]n1.FC(F)(F)c1cc(-c2cnccn2)[n-]n1.FC(F)(F)c1cc(-c2cnccn2)[n-]n1.FC(F)(F)c1cc(-c2ncccn2)[n-]n1.[Pt+2].[Pt+2].[Pt+2].[Pt+2]. The van der Waals surface area contributed by atoms with Crippen molar-refractivity contribution in [2.24, 2.45) is 0 Å². The first-order valence-corrected chi connectivity index (χ1v) is 33.4. The van der Waals surface area contributed by atoms with Crippen LogP contribution >= 0.6 is 0 Å². The van der Waals surface area contributed by atoms with Crippen molar-refractivity contribution in [3.63, 3.8) is 0 Å². The summed E-state index contributed by atoms with van der Waals surface area (Å²) in [6.07, 6.45) is 2.82. The van der Waals surface area contributed by atoms with Gasteiger partial charge in [0.15, 0.2) is 0 Å². The number of hydrogen-bond donors (Lipinski definition) is 0. The van der Waals surface area contributed by atoms with Crippen LogP contribution in [0.15, 0.2) is 184 Å². The van der Waals surface area contributed by atoms with Gasteiger partial charge in [-0.3, -0.25) is 60.3 Å². The molecule has 48 heteroatoms. The van der Waals surface area contributed by atoms with Crippen LogP contribution in [-0.2, 0) is 120 Å². The number of aryl methyl sites for hydroxylation is 4. The van der Waals surface area contributed by atoms with E-state index in [4.69, 9.17) is 0 Å². The molecule has 0 aromatic carbocycles. The average molecular weight is 2380 g/mol. The Labute approximate surface area is 730 Å². The zero-order valence-corrected chi connectivity index (χ0v) is 72.5. The van der Waals surface area contributed by atoms with Gasteiger partial charge in [-0.2, -0.15) is 52.7 Å². The van der Waals surface area contributed by atoms with Gasteiger partial charge in [0.1, 0.15) is 34.9 Å². The summed E-state index contributed by atoms with van der Waals surface area (Å²) in [5.41, 5.74) is 2.72. The van der Waals surface area contributed by atoms with Gasteiger partial charge < -0.3 is 81.1 Å². The standard InChI is InChI=1S/2C12H15N4.4C8H4F3N4.2C8H7N4.4Pt/c2*1-8-14-11(16-15-8)10-7-9(5-6-13-10)12(2,3)4;2*9-8(10,11)7-3-5(14-15-7)6-4-12-1-2-13-6;9-8(10,11)7-3-6(14-15-7)5-1-2-12-4-13-5;9-8(10,11)6-4-5(14-15-6)7-12-2-1-3-13-7;2*1-6-10-8(12-11-6)7-4-2-3-5-9-7;;;;/h2*5-7H,1-4H3;4*1-4H;2*2-5H,1H3;;;;/q8*-1;4*+2. The normalized spacial score (nSPS) is 11.0. The molecule has 0 bridgehead atoms. The summed E-state index contributed by atoms with van der Waals surface area (Å²) >= 11 is 0. The Hall–Kier alpha value is -11.8. The number of alkyl halides is 12. The van der Waals surface area contributed by atoms with E-state index in [-0.39, 0.29) is 135 Å². The Morgan fingerprint density at radius 3 is 0.858 bits per heavy atom. The summed E-state index contributed by atoms with van der Waals surface area (Å²) in [6.45, 7) is 20.3. The second-order valence-corrected chi connectivity index (χ2v) is 25.3. The molecule has 0 atom stereocenters. The summed E-state index contributed by atoms with van der Waals surface area (Å²) < 4.78 is 146. The van der Waals surface area contributed by atoms with Crippen molar-refractivity contribution in [2.75, 3.05) is 0 Å². The van der Waals surface area contributed by atoms with Crippen molar-refractivity contribution < 1.29 is 137 Å². The predicted octanol–water partition coefficient (Wildman–Crippen LogP) is 11.9. The third kappa shape index (κ3) is 30.6. The summed E-state index contributed by atoms with van der Waals surface area (Å²) in [5.74, 6) is 5.22. The summed E-state index contributed by atoms with van der Waals surface area (Å²) in [4.78, 5) is 63.4. The molecule has 16 rings (SSSR count). The third-order valence-electron chi connectivity index (χ3n) is 14.3. The van der Waals surface area contributed by atoms with Gasteiger partial charge in [0.05, 0.1) is 52.3 Å². The fourth-order valence-corrected chi connectivity index (χ4v) is 8.69. The van der Waals surface area contributed by atoms with Crippen molar-refractivity contribution in [1.29, 1.82) is 0 Å². The molecule has 0 fully saturated rings. The first kappa shape index (κ1) is 98.8. The number of pyridine rings is 4. The molecule has 0 radical (unpaired) electrons. The first-order valence-electron chi connectivity index (χ1n) is 33.4. The molecular weight excluding hydrogens is 2320 g/mol. The van der Waals surface area contributed by atoms with Gasteiger partial charge in [-0.15, -0.1) is 0 Å². The van der Waals surface area contributed by atoms with Crippen LogP contribution in [0, 0.1) is 27.7 Å². The van der Waals surface area contributed by atoms with Crippen LogP contribution in [0.4, 0.5) is 52.7 Å². The Morgan fingerprint density at radius 1 is 0.258 bits per heavy atom. The van der Waals surface area contributed by atoms with Crippen molar-refractivity contribution in [2.45, 2.75) is 105 Å². The van der Waals surface area contributed by atoms with E-state index in [9.17, 15) is 52.7 Å². The molecule has 16 aromatic heterocycles. The number of aromatic nitrogens is 32. The minimum absolute atomic E-state index is 0. The molecular formula is C72H60F12N32Pt4. The van der Waals surface area contributed by atoms with E-state index in [1.54, 1.807) is 44.7 Å². The smallest absolute Gasteiger partial charge is 0.573 e. The molecule has 120 heavy (non-hydrogen) atoms. The Balaban J connectivity index is 0.000000243. The summed E-state index contributed by atoms with van der Waals surface area (Å²) in [6, 6.07) is 25.7. The maximum atomic E-state index is 12.2. The van der Waals surface area contributed by atoms with E-state index in [2.05, 4.69) is 203 Å². The van der Waals surface area contributed by atoms with Crippen LogP contribution in [0.25, 0.3) is 91.8 Å². The predicted molar refractivity (Wildman–Crippen MR) is 385 cm³/mol. The van der Waals surface area contributed by atoms with E-state index >= 15 is 0 Å². The third-order valence-corrected chi connectivity index (χ3v) is 14.3. The van der Waals surface area contributed by atoms with Crippen LogP contribution in [-0.4, -0.2) is 121 Å². The molecule has 16 heterocycles. The molecule has 632 valence electrons. The van der Waals surface area contributed by atoms with E-state index in [0.29, 0.717) is 52.3 Å². The molecule has 0 spiro atoms. The zero-order chi connectivity index (χ0) is 83.9. The fraction of sp³-hybridized carbons (Fsp3) is 0.222. The van der Waals surface area contributed by atoms with Gasteiger partial charge in [-0.05, 0) is 158 Å². The van der Waals surface area contributed by atoms with Gasteiger partial charge in [0.2, 0.25) is 0 Å². The van der Waals surface area contributed by atoms with Crippen LogP contribution in [0.2, 0.25) is 0 Å². The summed E-state index contributed by atoms with van der Waals surface area (Å²) in [7, 11) is 0. The van der Waals surface area contributed by atoms with E-state index in [0.717, 1.165) is 47.0 Å². The maximum Gasteiger partial charge on any atom is 2.00 e. The molecule has 16 aromatic rings. The Kier molecular flexibility index (Phi) is 36.9. The van der Waals surface area contributed by atoms with Crippen LogP contribution in [0.3, 0.4) is 0 Å². The molecule has 0 aliphatic rings. The zero-order valence-electron chi connectivity index (χ0n) is 63.4. The second kappa shape index (κ2) is 44.9. The van der Waals surface area contributed by atoms with Crippen molar-refractivity contribution in [3.05, 3.63) is 241 Å². The van der Waals surface area contributed by atoms with Gasteiger partial charge in [0.25, 0.3) is 0 Å². The first-order chi connectivity index (χ1) is 54.9. The summed E-state index contributed by atoms with van der Waals surface area (Å²) in [5, 5.41) is 56.6. The van der Waals surface area contributed by atoms with Crippen molar-refractivity contribution >= 4 is 0 Å². The molecule has 0 aliphatic carbocycles. The molecule has 0 saturated carbocycles. The second-order valence-electron chi connectivity index (χ2n) is 25.3. The van der Waals surface area contributed by atoms with Crippen LogP contribution in [0.5, 0.6) is 0 Å². The number of hydrogen-bond acceptors (Lipinski definition) is 24. The van der Waals surface area contributed by atoms with Gasteiger partial charge in [-0.25, -0.2) is 19.9 Å².